The van der Waals surface area contributed by atoms with E-state index in [9.17, 15) is 5.11 Å². The van der Waals surface area contributed by atoms with Crippen molar-refractivity contribution in [3.05, 3.63) is 51.6 Å². The van der Waals surface area contributed by atoms with Gasteiger partial charge in [-0.3, -0.25) is 0 Å². The summed E-state index contributed by atoms with van der Waals surface area (Å²) in [5.41, 5.74) is 2.18. The molecular formula is C15H16INO2. The van der Waals surface area contributed by atoms with Gasteiger partial charge in [-0.15, -0.1) is 0 Å². The molecule has 0 heterocycles. The van der Waals surface area contributed by atoms with Crippen molar-refractivity contribution in [3.8, 4) is 11.5 Å². The third-order valence-electron chi connectivity index (χ3n) is 2.68. The van der Waals surface area contributed by atoms with E-state index in [2.05, 4.69) is 34.0 Å². The van der Waals surface area contributed by atoms with E-state index in [1.54, 1.807) is 6.07 Å². The first-order valence-corrected chi connectivity index (χ1v) is 7.21. The minimum absolute atomic E-state index is 0.180. The molecule has 0 bridgehead atoms. The van der Waals surface area contributed by atoms with Gasteiger partial charge in [0.05, 0.1) is 6.61 Å². The number of hydrogen-bond acceptors (Lipinski definition) is 3. The Balaban J connectivity index is 2.07. The van der Waals surface area contributed by atoms with Crippen molar-refractivity contribution in [3.63, 3.8) is 0 Å². The first-order valence-electron chi connectivity index (χ1n) is 6.13. The molecule has 100 valence electrons. The zero-order valence-electron chi connectivity index (χ0n) is 10.7. The number of aromatic hydroxyl groups is 1. The maximum absolute atomic E-state index is 9.65. The van der Waals surface area contributed by atoms with Gasteiger partial charge in [0, 0.05) is 15.8 Å². The van der Waals surface area contributed by atoms with Crippen LogP contribution in [0, 0.1) is 3.57 Å². The van der Waals surface area contributed by atoms with Crippen LogP contribution < -0.4 is 10.1 Å². The highest BCUT2D eigenvalue weighted by molar-refractivity contribution is 14.1. The highest BCUT2D eigenvalue weighted by Gasteiger charge is 2.04. The Hall–Kier alpha value is -1.43. The maximum atomic E-state index is 9.65. The summed E-state index contributed by atoms with van der Waals surface area (Å²) in [6, 6.07) is 13.5. The van der Waals surface area contributed by atoms with Gasteiger partial charge in [-0.2, -0.15) is 0 Å². The van der Waals surface area contributed by atoms with Crippen molar-refractivity contribution < 1.29 is 9.84 Å². The molecule has 0 amide bonds. The van der Waals surface area contributed by atoms with Gasteiger partial charge >= 0.3 is 0 Å². The molecular weight excluding hydrogens is 353 g/mol. The molecule has 0 radical (unpaired) electrons. The third kappa shape index (κ3) is 3.76. The molecule has 0 unspecified atom stereocenters. The zero-order chi connectivity index (χ0) is 13.7. The van der Waals surface area contributed by atoms with Crippen LogP contribution >= 0.6 is 22.6 Å². The summed E-state index contributed by atoms with van der Waals surface area (Å²) in [6.45, 7) is 3.14. The molecule has 0 saturated heterocycles. The fourth-order valence-electron chi connectivity index (χ4n) is 1.74. The SMILES string of the molecule is CCOc1cc(CNc2ccccc2I)ccc1O. The molecule has 0 aromatic heterocycles. The number of anilines is 1. The number of phenols is 1. The Morgan fingerprint density at radius 2 is 2.00 bits per heavy atom. The normalized spacial score (nSPS) is 10.2. The Morgan fingerprint density at radius 3 is 2.74 bits per heavy atom. The van der Waals surface area contributed by atoms with Gasteiger partial charge in [0.25, 0.3) is 0 Å². The average Bonchev–Trinajstić information content (AvgIpc) is 2.41. The number of hydrogen-bond donors (Lipinski definition) is 2. The van der Waals surface area contributed by atoms with Crippen LogP contribution in [0.25, 0.3) is 0 Å². The van der Waals surface area contributed by atoms with E-state index < -0.39 is 0 Å². The number of ether oxygens (including phenoxy) is 1. The highest BCUT2D eigenvalue weighted by Crippen LogP contribution is 2.27. The Morgan fingerprint density at radius 1 is 1.21 bits per heavy atom. The van der Waals surface area contributed by atoms with E-state index in [4.69, 9.17) is 4.74 Å². The number of nitrogens with one attached hydrogen (secondary N) is 1. The molecule has 2 aromatic carbocycles. The molecule has 2 rings (SSSR count). The topological polar surface area (TPSA) is 41.5 Å². The number of para-hydroxylation sites is 1. The minimum Gasteiger partial charge on any atom is -0.504 e. The second-order valence-corrected chi connectivity index (χ2v) is 5.23. The summed E-state index contributed by atoms with van der Waals surface area (Å²) in [6.07, 6.45) is 0. The summed E-state index contributed by atoms with van der Waals surface area (Å²) < 4.78 is 6.56. The van der Waals surface area contributed by atoms with Gasteiger partial charge in [0.15, 0.2) is 11.5 Å². The first kappa shape index (κ1) is 14.0. The van der Waals surface area contributed by atoms with Gasteiger partial charge in [-0.25, -0.2) is 0 Å². The van der Waals surface area contributed by atoms with Gasteiger partial charge in [0.2, 0.25) is 0 Å². The van der Waals surface area contributed by atoms with Crippen molar-refractivity contribution in [2.75, 3.05) is 11.9 Å². The monoisotopic (exact) mass is 369 g/mol. The Labute approximate surface area is 126 Å². The van der Waals surface area contributed by atoms with Crippen LogP contribution in [0.5, 0.6) is 11.5 Å². The number of benzene rings is 2. The lowest BCUT2D eigenvalue weighted by molar-refractivity contribution is 0.318. The number of halogens is 1. The van der Waals surface area contributed by atoms with Crippen molar-refractivity contribution in [1.29, 1.82) is 0 Å². The molecule has 0 aliphatic heterocycles. The molecule has 0 spiro atoms. The predicted molar refractivity (Wildman–Crippen MR) is 85.8 cm³/mol. The van der Waals surface area contributed by atoms with Crippen LogP contribution in [0.2, 0.25) is 0 Å². The standard InChI is InChI=1S/C15H16INO2/c1-2-19-15-9-11(7-8-14(15)18)10-17-13-6-4-3-5-12(13)16/h3-9,17-18H,2,10H2,1H3. The fourth-order valence-corrected chi connectivity index (χ4v) is 2.32. The van der Waals surface area contributed by atoms with Crippen molar-refractivity contribution in [2.45, 2.75) is 13.5 Å². The largest absolute Gasteiger partial charge is 0.504 e. The molecule has 19 heavy (non-hydrogen) atoms. The summed E-state index contributed by atoms with van der Waals surface area (Å²) in [5.74, 6) is 0.712. The van der Waals surface area contributed by atoms with Gasteiger partial charge in [0.1, 0.15) is 0 Å². The van der Waals surface area contributed by atoms with Gasteiger partial charge in [-0.1, -0.05) is 18.2 Å². The molecule has 0 atom stereocenters. The van der Waals surface area contributed by atoms with E-state index in [1.807, 2.05) is 37.3 Å². The van der Waals surface area contributed by atoms with Gasteiger partial charge in [-0.05, 0) is 59.3 Å². The lowest BCUT2D eigenvalue weighted by Crippen LogP contribution is -2.01. The Kier molecular flexibility index (Phi) is 4.90. The molecule has 4 heteroatoms. The van der Waals surface area contributed by atoms with Crippen molar-refractivity contribution in [1.82, 2.24) is 0 Å². The molecule has 3 nitrogen and oxygen atoms in total. The van der Waals surface area contributed by atoms with E-state index in [0.717, 1.165) is 11.3 Å². The molecule has 2 N–H and O–H groups in total. The van der Waals surface area contributed by atoms with Crippen LogP contribution in [-0.4, -0.2) is 11.7 Å². The number of rotatable bonds is 5. The second-order valence-electron chi connectivity index (χ2n) is 4.07. The summed E-state index contributed by atoms with van der Waals surface area (Å²) >= 11 is 2.30. The molecule has 0 aliphatic carbocycles. The quantitative estimate of drug-likeness (QED) is 0.783. The molecule has 0 aliphatic rings. The second kappa shape index (κ2) is 6.65. The summed E-state index contributed by atoms with van der Waals surface area (Å²) in [7, 11) is 0. The zero-order valence-corrected chi connectivity index (χ0v) is 12.8. The predicted octanol–water partition coefficient (Wildman–Crippen LogP) is 4.01. The molecule has 0 fully saturated rings. The smallest absolute Gasteiger partial charge is 0.161 e. The average molecular weight is 369 g/mol. The van der Waals surface area contributed by atoms with Crippen LogP contribution in [0.15, 0.2) is 42.5 Å². The third-order valence-corrected chi connectivity index (χ3v) is 3.62. The van der Waals surface area contributed by atoms with E-state index >= 15 is 0 Å². The number of phenolic OH excluding ortho intramolecular Hbond substituents is 1. The van der Waals surface area contributed by atoms with E-state index in [0.29, 0.717) is 18.9 Å². The Bertz CT molecular complexity index is 558. The van der Waals surface area contributed by atoms with Crippen molar-refractivity contribution >= 4 is 28.3 Å². The van der Waals surface area contributed by atoms with Crippen LogP contribution in [0.4, 0.5) is 5.69 Å². The molecule has 0 saturated carbocycles. The van der Waals surface area contributed by atoms with Crippen LogP contribution in [0.1, 0.15) is 12.5 Å². The summed E-state index contributed by atoms with van der Waals surface area (Å²) in [4.78, 5) is 0. The lowest BCUT2D eigenvalue weighted by Gasteiger charge is -2.11. The van der Waals surface area contributed by atoms with Crippen LogP contribution in [-0.2, 0) is 6.54 Å². The fraction of sp³-hybridized carbons (Fsp3) is 0.200. The van der Waals surface area contributed by atoms with Crippen molar-refractivity contribution in [2.24, 2.45) is 0 Å². The lowest BCUT2D eigenvalue weighted by atomic mass is 10.2. The van der Waals surface area contributed by atoms with E-state index in [1.165, 1.54) is 3.57 Å². The van der Waals surface area contributed by atoms with Crippen LogP contribution in [0.3, 0.4) is 0 Å². The molecule has 2 aromatic rings. The van der Waals surface area contributed by atoms with E-state index in [-0.39, 0.29) is 5.75 Å². The first-order chi connectivity index (χ1) is 9.20. The highest BCUT2D eigenvalue weighted by atomic mass is 127. The summed E-state index contributed by atoms with van der Waals surface area (Å²) in [5, 5.41) is 13.0. The maximum Gasteiger partial charge on any atom is 0.161 e. The minimum atomic E-state index is 0.180. The van der Waals surface area contributed by atoms with Gasteiger partial charge < -0.3 is 15.2 Å².